The van der Waals surface area contributed by atoms with Gasteiger partial charge in [0, 0.05) is 6.07 Å². The van der Waals surface area contributed by atoms with Crippen LogP contribution in [0.1, 0.15) is 22.3 Å². The summed E-state index contributed by atoms with van der Waals surface area (Å²) in [5.74, 6) is 0.586. The number of carbonyl (C=O) groups excluding carboxylic acids is 1. The average Bonchev–Trinajstić information content (AvgIpc) is 3.17. The Morgan fingerprint density at radius 3 is 2.67 bits per heavy atom. The van der Waals surface area contributed by atoms with E-state index in [0.717, 1.165) is 5.56 Å². The highest BCUT2D eigenvalue weighted by Gasteiger charge is 2.16. The molecule has 0 saturated heterocycles. The van der Waals surface area contributed by atoms with Crippen LogP contribution in [0.15, 0.2) is 54.9 Å². The standard InChI is InChI=1S/C19H20N4O4/c1-26-14-8-9-15(17(10-14)27-2)21-19(25)18-20-12-23(22-18)11-16(24)13-6-4-3-5-7-13/h3-10,12,16,24H,11H2,1-2H3,(H,21,25)/t16-/m1/s1. The summed E-state index contributed by atoms with van der Waals surface area (Å²) in [6, 6.07) is 14.3. The molecule has 3 rings (SSSR count). The highest BCUT2D eigenvalue weighted by atomic mass is 16.5. The van der Waals surface area contributed by atoms with Gasteiger partial charge in [-0.05, 0) is 17.7 Å². The van der Waals surface area contributed by atoms with E-state index in [1.54, 1.807) is 25.3 Å². The van der Waals surface area contributed by atoms with Crippen LogP contribution in [0, 0.1) is 0 Å². The lowest BCUT2D eigenvalue weighted by atomic mass is 10.1. The summed E-state index contributed by atoms with van der Waals surface area (Å²) in [6.45, 7) is 0.191. The fourth-order valence-electron chi connectivity index (χ4n) is 2.52. The van der Waals surface area contributed by atoms with E-state index in [2.05, 4.69) is 15.4 Å². The number of hydrogen-bond donors (Lipinski definition) is 2. The van der Waals surface area contributed by atoms with Gasteiger partial charge in [0.15, 0.2) is 0 Å². The molecule has 8 nitrogen and oxygen atoms in total. The van der Waals surface area contributed by atoms with Crippen LogP contribution >= 0.6 is 0 Å². The lowest BCUT2D eigenvalue weighted by Gasteiger charge is -2.11. The third kappa shape index (κ3) is 4.42. The number of methoxy groups -OCH3 is 2. The first kappa shape index (κ1) is 18.4. The largest absolute Gasteiger partial charge is 0.497 e. The zero-order valence-corrected chi connectivity index (χ0v) is 15.0. The number of benzene rings is 2. The summed E-state index contributed by atoms with van der Waals surface area (Å²) in [5, 5.41) is 17.1. The first-order valence-corrected chi connectivity index (χ1v) is 8.26. The molecule has 0 aliphatic rings. The van der Waals surface area contributed by atoms with Gasteiger partial charge in [0.1, 0.15) is 17.8 Å². The van der Waals surface area contributed by atoms with Crippen molar-refractivity contribution in [2.45, 2.75) is 12.6 Å². The number of amides is 1. The zero-order chi connectivity index (χ0) is 19.2. The van der Waals surface area contributed by atoms with Crippen molar-refractivity contribution in [3.05, 3.63) is 66.2 Å². The maximum Gasteiger partial charge on any atom is 0.295 e. The molecule has 27 heavy (non-hydrogen) atoms. The molecule has 1 aromatic heterocycles. The van der Waals surface area contributed by atoms with Crippen molar-refractivity contribution in [3.63, 3.8) is 0 Å². The number of aliphatic hydroxyl groups excluding tert-OH is 1. The Labute approximate surface area is 156 Å². The lowest BCUT2D eigenvalue weighted by Crippen LogP contribution is -2.16. The number of nitrogens with zero attached hydrogens (tertiary/aromatic N) is 3. The molecule has 8 heteroatoms. The predicted molar refractivity (Wildman–Crippen MR) is 98.9 cm³/mol. The van der Waals surface area contributed by atoms with Crippen LogP contribution < -0.4 is 14.8 Å². The highest BCUT2D eigenvalue weighted by Crippen LogP contribution is 2.29. The Morgan fingerprint density at radius 1 is 1.19 bits per heavy atom. The highest BCUT2D eigenvalue weighted by molar-refractivity contribution is 6.02. The number of carbonyl (C=O) groups is 1. The maximum absolute atomic E-state index is 12.4. The molecular formula is C19H20N4O4. The second-order valence-corrected chi connectivity index (χ2v) is 5.74. The zero-order valence-electron chi connectivity index (χ0n) is 15.0. The van der Waals surface area contributed by atoms with Crippen molar-refractivity contribution in [1.82, 2.24) is 14.8 Å². The second-order valence-electron chi connectivity index (χ2n) is 5.74. The van der Waals surface area contributed by atoms with Crippen LogP contribution in [-0.4, -0.2) is 40.0 Å². The molecule has 0 fully saturated rings. The van der Waals surface area contributed by atoms with Crippen molar-refractivity contribution in [2.75, 3.05) is 19.5 Å². The van der Waals surface area contributed by atoms with Crippen molar-refractivity contribution in [2.24, 2.45) is 0 Å². The lowest BCUT2D eigenvalue weighted by molar-refractivity contribution is 0.101. The number of hydrogen-bond acceptors (Lipinski definition) is 6. The molecule has 0 aliphatic heterocycles. The average molecular weight is 368 g/mol. The summed E-state index contributed by atoms with van der Waals surface area (Å²) in [7, 11) is 3.05. The van der Waals surface area contributed by atoms with Crippen LogP contribution in [0.25, 0.3) is 0 Å². The number of ether oxygens (including phenoxy) is 2. The molecule has 0 radical (unpaired) electrons. The Bertz CT molecular complexity index is 911. The van der Waals surface area contributed by atoms with Gasteiger partial charge in [-0.2, -0.15) is 0 Å². The van der Waals surface area contributed by atoms with Crippen molar-refractivity contribution >= 4 is 11.6 Å². The third-order valence-corrected chi connectivity index (χ3v) is 3.94. The number of nitrogens with one attached hydrogen (secondary N) is 1. The molecule has 0 saturated carbocycles. The monoisotopic (exact) mass is 368 g/mol. The van der Waals surface area contributed by atoms with Crippen LogP contribution in [0.2, 0.25) is 0 Å². The molecule has 140 valence electrons. The van der Waals surface area contributed by atoms with Crippen molar-refractivity contribution in [3.8, 4) is 11.5 Å². The molecule has 0 aliphatic carbocycles. The minimum atomic E-state index is -0.745. The quantitative estimate of drug-likeness (QED) is 0.664. The normalized spacial score (nSPS) is 11.7. The minimum Gasteiger partial charge on any atom is -0.497 e. The van der Waals surface area contributed by atoms with Gasteiger partial charge in [-0.1, -0.05) is 30.3 Å². The first-order chi connectivity index (χ1) is 13.1. The number of anilines is 1. The second kappa shape index (κ2) is 8.33. The SMILES string of the molecule is COc1ccc(NC(=O)c2ncn(C[C@@H](O)c3ccccc3)n2)c(OC)c1. The van der Waals surface area contributed by atoms with E-state index >= 15 is 0 Å². The summed E-state index contributed by atoms with van der Waals surface area (Å²) in [4.78, 5) is 16.4. The van der Waals surface area contributed by atoms with Crippen molar-refractivity contribution in [1.29, 1.82) is 0 Å². The number of aromatic nitrogens is 3. The first-order valence-electron chi connectivity index (χ1n) is 8.26. The minimum absolute atomic E-state index is 0.00636. The van der Waals surface area contributed by atoms with Crippen LogP contribution in [0.5, 0.6) is 11.5 Å². The third-order valence-electron chi connectivity index (χ3n) is 3.94. The van der Waals surface area contributed by atoms with Gasteiger partial charge in [0.25, 0.3) is 5.91 Å². The van der Waals surface area contributed by atoms with E-state index < -0.39 is 12.0 Å². The predicted octanol–water partition coefficient (Wildman–Crippen LogP) is 2.28. The van der Waals surface area contributed by atoms with E-state index in [4.69, 9.17) is 9.47 Å². The van der Waals surface area contributed by atoms with E-state index in [0.29, 0.717) is 17.2 Å². The molecule has 1 amide bonds. The van der Waals surface area contributed by atoms with Gasteiger partial charge in [0.2, 0.25) is 5.82 Å². The Kier molecular flexibility index (Phi) is 5.68. The molecule has 0 unspecified atom stereocenters. The van der Waals surface area contributed by atoms with Gasteiger partial charge in [0.05, 0.1) is 32.6 Å². The Hall–Kier alpha value is -3.39. The Balaban J connectivity index is 1.68. The fourth-order valence-corrected chi connectivity index (χ4v) is 2.52. The van der Waals surface area contributed by atoms with Crippen LogP contribution in [0.3, 0.4) is 0 Å². The summed E-state index contributed by atoms with van der Waals surface area (Å²) < 4.78 is 11.8. The van der Waals surface area contributed by atoms with E-state index in [1.807, 2.05) is 30.3 Å². The van der Waals surface area contributed by atoms with E-state index in [9.17, 15) is 9.90 Å². The molecular weight excluding hydrogens is 348 g/mol. The molecule has 0 bridgehead atoms. The van der Waals surface area contributed by atoms with Gasteiger partial charge < -0.3 is 19.9 Å². The fraction of sp³-hybridized carbons (Fsp3) is 0.211. The Morgan fingerprint density at radius 2 is 1.96 bits per heavy atom. The molecule has 2 N–H and O–H groups in total. The number of aliphatic hydroxyl groups is 1. The summed E-state index contributed by atoms with van der Waals surface area (Å²) in [6.07, 6.45) is 0.664. The van der Waals surface area contributed by atoms with Crippen LogP contribution in [0.4, 0.5) is 5.69 Å². The van der Waals surface area contributed by atoms with E-state index in [1.165, 1.54) is 18.1 Å². The van der Waals surface area contributed by atoms with Crippen molar-refractivity contribution < 1.29 is 19.4 Å². The molecule has 1 atom stereocenters. The summed E-state index contributed by atoms with van der Waals surface area (Å²) in [5.41, 5.74) is 1.24. The van der Waals surface area contributed by atoms with Gasteiger partial charge in [-0.25, -0.2) is 9.67 Å². The van der Waals surface area contributed by atoms with Gasteiger partial charge in [-0.3, -0.25) is 4.79 Å². The van der Waals surface area contributed by atoms with E-state index in [-0.39, 0.29) is 12.4 Å². The summed E-state index contributed by atoms with van der Waals surface area (Å²) >= 11 is 0. The molecule has 1 heterocycles. The maximum atomic E-state index is 12.4. The molecule has 0 spiro atoms. The number of rotatable bonds is 7. The van der Waals surface area contributed by atoms with Gasteiger partial charge in [-0.15, -0.1) is 5.10 Å². The molecule has 3 aromatic rings. The molecule has 2 aromatic carbocycles. The van der Waals surface area contributed by atoms with Gasteiger partial charge >= 0.3 is 0 Å². The van der Waals surface area contributed by atoms with Crippen LogP contribution in [-0.2, 0) is 6.54 Å². The topological polar surface area (TPSA) is 98.5 Å². The smallest absolute Gasteiger partial charge is 0.295 e.